The molecule has 0 atom stereocenters. The molecule has 1 amide bonds. The molecule has 0 aromatic carbocycles. The molecule has 142 valence electrons. The number of nitrogens with zero attached hydrogens (tertiary/aromatic N) is 3. The summed E-state index contributed by atoms with van der Waals surface area (Å²) in [5.41, 5.74) is 7.94. The second kappa shape index (κ2) is 7.69. The number of primary amides is 1. The average Bonchev–Trinajstić information content (AvgIpc) is 2.63. The van der Waals surface area contributed by atoms with E-state index in [1.165, 1.54) is 0 Å². The number of aromatic nitrogens is 3. The Hall–Kier alpha value is -3.03. The molecular weight excluding hydrogens is 348 g/mol. The number of pyridine rings is 1. The molecule has 2 aromatic rings. The van der Waals surface area contributed by atoms with Crippen LogP contribution >= 0.6 is 0 Å². The number of aryl methyl sites for hydroxylation is 2. The third-order valence-electron chi connectivity index (χ3n) is 4.80. The molecule has 0 bridgehead atoms. The van der Waals surface area contributed by atoms with E-state index in [2.05, 4.69) is 15.0 Å². The Morgan fingerprint density at radius 1 is 1.11 bits per heavy atom. The highest BCUT2D eigenvalue weighted by Gasteiger charge is 2.27. The summed E-state index contributed by atoms with van der Waals surface area (Å²) in [5.74, 6) is -1.15. The van der Waals surface area contributed by atoms with E-state index in [1.807, 2.05) is 13.0 Å². The maximum Gasteiger partial charge on any atom is 0.306 e. The number of hydrogen-bond acceptors (Lipinski definition) is 6. The third kappa shape index (κ3) is 4.21. The Labute approximate surface area is 156 Å². The number of ether oxygens (including phenoxy) is 1. The van der Waals surface area contributed by atoms with Crippen LogP contribution in [0.2, 0.25) is 0 Å². The van der Waals surface area contributed by atoms with Crippen molar-refractivity contribution in [1.82, 2.24) is 15.0 Å². The molecule has 0 saturated heterocycles. The lowest BCUT2D eigenvalue weighted by Gasteiger charge is -2.26. The van der Waals surface area contributed by atoms with E-state index in [0.29, 0.717) is 54.2 Å². The van der Waals surface area contributed by atoms with Crippen LogP contribution in [0, 0.1) is 19.8 Å². The van der Waals surface area contributed by atoms with Crippen LogP contribution < -0.4 is 10.5 Å². The van der Waals surface area contributed by atoms with Crippen molar-refractivity contribution in [2.24, 2.45) is 11.7 Å². The molecule has 8 nitrogen and oxygen atoms in total. The van der Waals surface area contributed by atoms with E-state index in [1.54, 1.807) is 19.2 Å². The summed E-state index contributed by atoms with van der Waals surface area (Å²) in [6, 6.07) is 3.55. The number of carbonyl (C=O) groups is 2. The first kappa shape index (κ1) is 18.8. The van der Waals surface area contributed by atoms with Crippen molar-refractivity contribution in [1.29, 1.82) is 0 Å². The second-order valence-corrected chi connectivity index (χ2v) is 6.77. The topological polar surface area (TPSA) is 128 Å². The summed E-state index contributed by atoms with van der Waals surface area (Å²) in [4.78, 5) is 35.5. The van der Waals surface area contributed by atoms with Crippen molar-refractivity contribution in [3.8, 4) is 17.1 Å². The number of carboxylic acids is 1. The van der Waals surface area contributed by atoms with Crippen LogP contribution in [0.5, 0.6) is 5.88 Å². The first-order valence-corrected chi connectivity index (χ1v) is 8.86. The highest BCUT2D eigenvalue weighted by atomic mass is 16.5. The van der Waals surface area contributed by atoms with Crippen molar-refractivity contribution < 1.29 is 19.4 Å². The Bertz CT molecular complexity index is 859. The lowest BCUT2D eigenvalue weighted by atomic mass is 9.87. The maximum absolute atomic E-state index is 11.5. The van der Waals surface area contributed by atoms with Crippen LogP contribution in [0.1, 0.15) is 47.6 Å². The third-order valence-corrected chi connectivity index (χ3v) is 4.80. The predicted octanol–water partition coefficient (Wildman–Crippen LogP) is 2.28. The van der Waals surface area contributed by atoms with E-state index in [9.17, 15) is 9.59 Å². The fourth-order valence-electron chi connectivity index (χ4n) is 3.33. The Morgan fingerprint density at radius 3 is 2.37 bits per heavy atom. The molecule has 1 aliphatic carbocycles. The summed E-state index contributed by atoms with van der Waals surface area (Å²) in [7, 11) is 0. The summed E-state index contributed by atoms with van der Waals surface area (Å²) < 4.78 is 5.87. The molecule has 8 heteroatoms. The summed E-state index contributed by atoms with van der Waals surface area (Å²) >= 11 is 0. The van der Waals surface area contributed by atoms with Gasteiger partial charge < -0.3 is 15.6 Å². The van der Waals surface area contributed by atoms with Crippen LogP contribution in [0.3, 0.4) is 0 Å². The molecular formula is C19H22N4O4. The number of carboxylic acid groups (broad SMARTS) is 1. The first-order valence-electron chi connectivity index (χ1n) is 8.86. The largest absolute Gasteiger partial charge is 0.481 e. The predicted molar refractivity (Wildman–Crippen MR) is 97.3 cm³/mol. The zero-order valence-electron chi connectivity index (χ0n) is 15.3. The van der Waals surface area contributed by atoms with Crippen LogP contribution in [-0.4, -0.2) is 38.0 Å². The highest BCUT2D eigenvalue weighted by Crippen LogP contribution is 2.28. The smallest absolute Gasteiger partial charge is 0.306 e. The molecule has 1 fully saturated rings. The molecule has 0 radical (unpaired) electrons. The molecule has 27 heavy (non-hydrogen) atoms. The molecule has 1 aliphatic rings. The standard InChI is InChI=1S/C19H22N4O4/c1-10-16(23-17(18(20)24)11(2)22-10)13-5-8-15(21-9-13)27-14-6-3-12(4-7-14)19(25)26/h5,8-9,12,14H,3-4,6-7H2,1-2H3,(H2,20,24)(H,25,26)/t12-,14+. The van der Waals surface area contributed by atoms with Crippen LogP contribution in [0.4, 0.5) is 0 Å². The molecule has 0 spiro atoms. The second-order valence-electron chi connectivity index (χ2n) is 6.77. The minimum Gasteiger partial charge on any atom is -0.481 e. The zero-order chi connectivity index (χ0) is 19.6. The summed E-state index contributed by atoms with van der Waals surface area (Å²) in [6.45, 7) is 3.50. The van der Waals surface area contributed by atoms with Gasteiger partial charge in [0.15, 0.2) is 0 Å². The molecule has 2 aromatic heterocycles. The van der Waals surface area contributed by atoms with Crippen LogP contribution in [0.25, 0.3) is 11.3 Å². The summed E-state index contributed by atoms with van der Waals surface area (Å²) in [6.07, 6.45) is 4.23. The number of hydrogen-bond donors (Lipinski definition) is 2. The van der Waals surface area contributed by atoms with Crippen molar-refractivity contribution in [3.05, 3.63) is 35.4 Å². The minimum atomic E-state index is -0.735. The van der Waals surface area contributed by atoms with Crippen LogP contribution in [-0.2, 0) is 4.79 Å². The van der Waals surface area contributed by atoms with Crippen LogP contribution in [0.15, 0.2) is 18.3 Å². The fraction of sp³-hybridized carbons (Fsp3) is 0.421. The lowest BCUT2D eigenvalue weighted by Crippen LogP contribution is -2.28. The fourth-order valence-corrected chi connectivity index (χ4v) is 3.33. The molecule has 0 aliphatic heterocycles. The van der Waals surface area contributed by atoms with Gasteiger partial charge in [0.05, 0.1) is 23.0 Å². The Balaban J connectivity index is 1.72. The summed E-state index contributed by atoms with van der Waals surface area (Å²) in [5, 5.41) is 9.05. The SMILES string of the molecule is Cc1nc(C)c(-c2ccc(O[C@H]3CC[C@@H](C(=O)O)CC3)nc2)nc1C(N)=O. The molecule has 2 heterocycles. The number of carbonyl (C=O) groups excluding carboxylic acids is 1. The van der Waals surface area contributed by atoms with Gasteiger partial charge in [-0.3, -0.25) is 14.6 Å². The normalized spacial score (nSPS) is 19.5. The van der Waals surface area contributed by atoms with Gasteiger partial charge in [-0.05, 0) is 45.6 Å². The van der Waals surface area contributed by atoms with E-state index < -0.39 is 11.9 Å². The maximum atomic E-state index is 11.5. The number of aliphatic carboxylic acids is 1. The van der Waals surface area contributed by atoms with Gasteiger partial charge in [0.25, 0.3) is 5.91 Å². The van der Waals surface area contributed by atoms with Gasteiger partial charge in [0.1, 0.15) is 11.8 Å². The Morgan fingerprint density at radius 2 is 1.81 bits per heavy atom. The van der Waals surface area contributed by atoms with E-state index in [-0.39, 0.29) is 17.7 Å². The lowest BCUT2D eigenvalue weighted by molar-refractivity contribution is -0.143. The quantitative estimate of drug-likeness (QED) is 0.826. The monoisotopic (exact) mass is 370 g/mol. The molecule has 1 saturated carbocycles. The number of rotatable bonds is 5. The first-order chi connectivity index (χ1) is 12.8. The van der Waals surface area contributed by atoms with Gasteiger partial charge in [-0.2, -0.15) is 0 Å². The highest BCUT2D eigenvalue weighted by molar-refractivity contribution is 5.92. The van der Waals surface area contributed by atoms with Gasteiger partial charge in [-0.15, -0.1) is 0 Å². The van der Waals surface area contributed by atoms with Gasteiger partial charge >= 0.3 is 5.97 Å². The zero-order valence-corrected chi connectivity index (χ0v) is 15.3. The number of nitrogens with two attached hydrogens (primary N) is 1. The van der Waals surface area contributed by atoms with E-state index >= 15 is 0 Å². The van der Waals surface area contributed by atoms with Crippen molar-refractivity contribution in [3.63, 3.8) is 0 Å². The van der Waals surface area contributed by atoms with Crippen molar-refractivity contribution in [2.75, 3.05) is 0 Å². The average molecular weight is 370 g/mol. The van der Waals surface area contributed by atoms with E-state index in [0.717, 1.165) is 0 Å². The van der Waals surface area contributed by atoms with Gasteiger partial charge in [-0.1, -0.05) is 0 Å². The molecule has 3 N–H and O–H groups in total. The number of amides is 1. The molecule has 0 unspecified atom stereocenters. The Kier molecular flexibility index (Phi) is 5.34. The van der Waals surface area contributed by atoms with Crippen molar-refractivity contribution >= 4 is 11.9 Å². The van der Waals surface area contributed by atoms with Crippen molar-refractivity contribution in [2.45, 2.75) is 45.6 Å². The van der Waals surface area contributed by atoms with Gasteiger partial charge in [0, 0.05) is 17.8 Å². The van der Waals surface area contributed by atoms with Gasteiger partial charge in [0.2, 0.25) is 5.88 Å². The minimum absolute atomic E-state index is 0.0266. The van der Waals surface area contributed by atoms with Gasteiger partial charge in [-0.25, -0.2) is 9.97 Å². The van der Waals surface area contributed by atoms with E-state index in [4.69, 9.17) is 15.6 Å². The molecule has 3 rings (SSSR count).